The summed E-state index contributed by atoms with van der Waals surface area (Å²) in [7, 11) is 0. The fourth-order valence-electron chi connectivity index (χ4n) is 1.03. The van der Waals surface area contributed by atoms with Crippen LogP contribution in [0.2, 0.25) is 0 Å². The largest absolute Gasteiger partial charge is 0.424 e. The lowest BCUT2D eigenvalue weighted by Crippen LogP contribution is -2.51. The van der Waals surface area contributed by atoms with Gasteiger partial charge in [0.2, 0.25) is 0 Å². The molecule has 108 valence electrons. The minimum Gasteiger partial charge on any atom is -0.341 e. The van der Waals surface area contributed by atoms with Crippen LogP contribution in [0.5, 0.6) is 0 Å². The van der Waals surface area contributed by atoms with Gasteiger partial charge in [0, 0.05) is 0 Å². The highest BCUT2D eigenvalue weighted by atomic mass is 19.4. The van der Waals surface area contributed by atoms with E-state index in [-0.39, 0.29) is 0 Å². The summed E-state index contributed by atoms with van der Waals surface area (Å²) in [6.45, 7) is 1.21. The second-order valence-electron chi connectivity index (χ2n) is 3.75. The average Bonchev–Trinajstić information content (AvgIpc) is 2.76. The van der Waals surface area contributed by atoms with E-state index in [1.54, 1.807) is 0 Å². The zero-order valence-electron chi connectivity index (χ0n) is 8.78. The lowest BCUT2D eigenvalue weighted by molar-refractivity contribution is -0.377. The maximum Gasteiger partial charge on any atom is 0.424 e. The number of hydrogen-bond acceptors (Lipinski definition) is 2. The maximum atomic E-state index is 12.8. The van der Waals surface area contributed by atoms with Crippen LogP contribution in [-0.2, 0) is 9.47 Å². The standard InChI is InChI=1S/C8H8F8O2/c1-3-5(17-3)18-8(15,16)7(13,14)4(9)2-6(10,11)12/h3-5H,2H2,1H3. The number of rotatable bonds is 5. The molecule has 0 bridgehead atoms. The predicted molar refractivity (Wildman–Crippen MR) is 40.9 cm³/mol. The quantitative estimate of drug-likeness (QED) is 0.572. The third-order valence-corrected chi connectivity index (χ3v) is 2.11. The van der Waals surface area contributed by atoms with Crippen molar-refractivity contribution in [2.45, 2.75) is 50.1 Å². The summed E-state index contributed by atoms with van der Waals surface area (Å²) in [4.78, 5) is 0. The molecule has 10 heteroatoms. The van der Waals surface area contributed by atoms with E-state index in [4.69, 9.17) is 0 Å². The third-order valence-electron chi connectivity index (χ3n) is 2.11. The second-order valence-corrected chi connectivity index (χ2v) is 3.75. The predicted octanol–water partition coefficient (Wildman–Crippen LogP) is 3.27. The molecule has 0 saturated carbocycles. The van der Waals surface area contributed by atoms with Gasteiger partial charge in [0.1, 0.15) is 6.10 Å². The molecule has 1 aliphatic heterocycles. The van der Waals surface area contributed by atoms with Crippen molar-refractivity contribution >= 4 is 0 Å². The molecule has 0 aliphatic carbocycles. The van der Waals surface area contributed by atoms with Crippen molar-refractivity contribution in [2.75, 3.05) is 0 Å². The fourth-order valence-corrected chi connectivity index (χ4v) is 1.03. The van der Waals surface area contributed by atoms with Crippen LogP contribution in [0.3, 0.4) is 0 Å². The van der Waals surface area contributed by atoms with Crippen LogP contribution in [0.15, 0.2) is 0 Å². The molecule has 0 spiro atoms. The average molecular weight is 288 g/mol. The van der Waals surface area contributed by atoms with Crippen LogP contribution in [0, 0.1) is 0 Å². The highest BCUT2D eigenvalue weighted by Crippen LogP contribution is 2.45. The SMILES string of the molecule is CC1OC1OC(F)(F)C(F)(F)C(F)CC(F)(F)F. The summed E-state index contributed by atoms with van der Waals surface area (Å²) in [6, 6.07) is 0. The molecular formula is C8H8F8O2. The molecule has 0 radical (unpaired) electrons. The van der Waals surface area contributed by atoms with E-state index < -0.39 is 43.2 Å². The number of alkyl halides is 8. The Kier molecular flexibility index (Phi) is 3.84. The number of epoxide rings is 1. The maximum absolute atomic E-state index is 12.8. The van der Waals surface area contributed by atoms with Crippen molar-refractivity contribution in [3.05, 3.63) is 0 Å². The van der Waals surface area contributed by atoms with E-state index >= 15 is 0 Å². The molecule has 0 aromatic rings. The summed E-state index contributed by atoms with van der Waals surface area (Å²) in [5.41, 5.74) is 0. The van der Waals surface area contributed by atoms with E-state index in [1.807, 2.05) is 0 Å². The van der Waals surface area contributed by atoms with Gasteiger partial charge in [-0.15, -0.1) is 0 Å². The van der Waals surface area contributed by atoms with Gasteiger partial charge >= 0.3 is 18.2 Å². The van der Waals surface area contributed by atoms with Crippen molar-refractivity contribution in [3.8, 4) is 0 Å². The Labute approximate surface area is 95.8 Å². The van der Waals surface area contributed by atoms with Crippen LogP contribution in [0.4, 0.5) is 35.1 Å². The normalized spacial score (nSPS) is 27.2. The van der Waals surface area contributed by atoms with Gasteiger partial charge in [-0.3, -0.25) is 4.74 Å². The summed E-state index contributed by atoms with van der Waals surface area (Å²) in [5, 5.41) is 0. The van der Waals surface area contributed by atoms with Gasteiger partial charge < -0.3 is 4.74 Å². The molecule has 1 heterocycles. The monoisotopic (exact) mass is 288 g/mol. The molecule has 3 unspecified atom stereocenters. The van der Waals surface area contributed by atoms with Gasteiger partial charge in [-0.05, 0) is 6.92 Å². The van der Waals surface area contributed by atoms with Crippen LogP contribution < -0.4 is 0 Å². The Bertz CT molecular complexity index is 302. The van der Waals surface area contributed by atoms with Crippen LogP contribution in [0.1, 0.15) is 13.3 Å². The first-order chi connectivity index (χ1) is 7.87. The Morgan fingerprint density at radius 1 is 1.11 bits per heavy atom. The minimum atomic E-state index is -5.60. The minimum absolute atomic E-state index is 0.896. The van der Waals surface area contributed by atoms with Gasteiger partial charge in [0.15, 0.2) is 12.5 Å². The number of ether oxygens (including phenoxy) is 2. The van der Waals surface area contributed by atoms with Gasteiger partial charge in [0.25, 0.3) is 0 Å². The van der Waals surface area contributed by atoms with Crippen molar-refractivity contribution in [2.24, 2.45) is 0 Å². The summed E-state index contributed by atoms with van der Waals surface area (Å²) in [6.07, 6.45) is -20.1. The molecular weight excluding hydrogens is 280 g/mol. The van der Waals surface area contributed by atoms with E-state index in [0.717, 1.165) is 0 Å². The summed E-state index contributed by atoms with van der Waals surface area (Å²) in [5.74, 6) is -5.60. The summed E-state index contributed by atoms with van der Waals surface area (Å²) >= 11 is 0. The molecule has 0 aromatic heterocycles. The molecule has 1 rings (SSSR count). The highest BCUT2D eigenvalue weighted by Gasteiger charge is 2.67. The molecule has 0 N–H and O–H groups in total. The molecule has 3 atom stereocenters. The molecule has 0 amide bonds. The smallest absolute Gasteiger partial charge is 0.341 e. The zero-order valence-corrected chi connectivity index (χ0v) is 8.78. The van der Waals surface area contributed by atoms with Crippen molar-refractivity contribution in [1.82, 2.24) is 0 Å². The lowest BCUT2D eigenvalue weighted by Gasteiger charge is -2.28. The zero-order chi connectivity index (χ0) is 14.4. The van der Waals surface area contributed by atoms with E-state index in [2.05, 4.69) is 9.47 Å². The first-order valence-corrected chi connectivity index (χ1v) is 4.66. The highest BCUT2D eigenvalue weighted by molar-refractivity contribution is 4.88. The van der Waals surface area contributed by atoms with Crippen LogP contribution in [-0.4, -0.2) is 36.8 Å². The molecule has 1 saturated heterocycles. The first kappa shape index (κ1) is 15.4. The van der Waals surface area contributed by atoms with E-state index in [9.17, 15) is 35.1 Å². The molecule has 1 aliphatic rings. The van der Waals surface area contributed by atoms with Crippen LogP contribution >= 0.6 is 0 Å². The molecule has 2 nitrogen and oxygen atoms in total. The second kappa shape index (κ2) is 4.48. The Balaban J connectivity index is 2.70. The topological polar surface area (TPSA) is 21.8 Å². The van der Waals surface area contributed by atoms with Crippen molar-refractivity contribution in [1.29, 1.82) is 0 Å². The van der Waals surface area contributed by atoms with E-state index in [1.165, 1.54) is 6.92 Å². The summed E-state index contributed by atoms with van der Waals surface area (Å²) < 4.78 is 107. The van der Waals surface area contributed by atoms with Gasteiger partial charge in [-0.1, -0.05) is 0 Å². The van der Waals surface area contributed by atoms with Gasteiger partial charge in [-0.2, -0.15) is 30.7 Å². The first-order valence-electron chi connectivity index (χ1n) is 4.66. The fraction of sp³-hybridized carbons (Fsp3) is 1.00. The Morgan fingerprint density at radius 2 is 1.56 bits per heavy atom. The third kappa shape index (κ3) is 3.44. The van der Waals surface area contributed by atoms with Crippen molar-refractivity contribution < 1.29 is 44.6 Å². The van der Waals surface area contributed by atoms with Gasteiger partial charge in [-0.25, -0.2) is 4.39 Å². The van der Waals surface area contributed by atoms with Crippen molar-refractivity contribution in [3.63, 3.8) is 0 Å². The molecule has 1 fully saturated rings. The Morgan fingerprint density at radius 3 is 1.89 bits per heavy atom. The van der Waals surface area contributed by atoms with Gasteiger partial charge in [0.05, 0.1) is 6.42 Å². The molecule has 0 aromatic carbocycles. The lowest BCUT2D eigenvalue weighted by atomic mass is 10.1. The molecule has 18 heavy (non-hydrogen) atoms. The number of hydrogen-bond donors (Lipinski definition) is 0. The van der Waals surface area contributed by atoms with Crippen LogP contribution in [0.25, 0.3) is 0 Å². The van der Waals surface area contributed by atoms with E-state index in [0.29, 0.717) is 0 Å². The Hall–Kier alpha value is -0.640. The number of halogens is 8.